The van der Waals surface area contributed by atoms with Gasteiger partial charge < -0.3 is 10.6 Å². The molecule has 3 heterocycles. The largest absolute Gasteiger partial charge is 0.332 e. The van der Waals surface area contributed by atoms with Gasteiger partial charge in [0.2, 0.25) is 0 Å². The average molecular weight is 280 g/mol. The minimum atomic E-state index is 0.137. The van der Waals surface area contributed by atoms with Crippen LogP contribution in [0.2, 0.25) is 0 Å². The lowest BCUT2D eigenvalue weighted by atomic mass is 9.98. The molecule has 5 nitrogen and oxygen atoms in total. The second-order valence-electron chi connectivity index (χ2n) is 5.63. The summed E-state index contributed by atoms with van der Waals surface area (Å²) < 4.78 is 3.96. The number of piperidine rings is 1. The van der Waals surface area contributed by atoms with E-state index in [0.717, 1.165) is 49.1 Å². The van der Waals surface area contributed by atoms with Crippen LogP contribution >= 0.6 is 11.5 Å². The molecule has 2 atom stereocenters. The van der Waals surface area contributed by atoms with Crippen molar-refractivity contribution in [3.05, 3.63) is 10.6 Å². The summed E-state index contributed by atoms with van der Waals surface area (Å²) in [4.78, 5) is 15.6. The molecule has 3 rings (SSSR count). The van der Waals surface area contributed by atoms with E-state index in [4.69, 9.17) is 5.73 Å². The number of carbonyl (C=O) groups is 1. The predicted octanol–water partition coefficient (Wildman–Crippen LogP) is 1.58. The van der Waals surface area contributed by atoms with Crippen LogP contribution in [-0.2, 0) is 6.42 Å². The van der Waals surface area contributed by atoms with Gasteiger partial charge in [-0.05, 0) is 43.6 Å². The molecule has 0 saturated carbocycles. The average Bonchev–Trinajstić information content (AvgIpc) is 2.93. The zero-order chi connectivity index (χ0) is 13.4. The number of fused-ring (bicyclic) bond motifs is 2. The minimum absolute atomic E-state index is 0.137. The normalized spacial score (nSPS) is 29.8. The molecular weight excluding hydrogens is 260 g/mol. The summed E-state index contributed by atoms with van der Waals surface area (Å²) in [5.41, 5.74) is 6.92. The maximum atomic E-state index is 12.7. The van der Waals surface area contributed by atoms with Gasteiger partial charge in [-0.1, -0.05) is 17.8 Å². The Morgan fingerprint density at radius 1 is 1.42 bits per heavy atom. The van der Waals surface area contributed by atoms with Crippen LogP contribution < -0.4 is 5.73 Å². The molecule has 2 N–H and O–H groups in total. The molecular formula is C13H20N4OS. The number of hydrogen-bond donors (Lipinski definition) is 1. The van der Waals surface area contributed by atoms with Crippen molar-refractivity contribution in [1.82, 2.24) is 14.5 Å². The number of carbonyl (C=O) groups excluding carboxylic acids is 1. The molecule has 6 heteroatoms. The summed E-state index contributed by atoms with van der Waals surface area (Å²) >= 11 is 1.24. The van der Waals surface area contributed by atoms with Crippen LogP contribution in [0.25, 0.3) is 0 Å². The van der Waals surface area contributed by atoms with E-state index in [0.29, 0.717) is 12.1 Å². The number of nitrogens with zero attached hydrogens (tertiary/aromatic N) is 3. The van der Waals surface area contributed by atoms with E-state index in [1.54, 1.807) is 0 Å². The minimum Gasteiger partial charge on any atom is -0.332 e. The van der Waals surface area contributed by atoms with Crippen molar-refractivity contribution in [3.63, 3.8) is 0 Å². The van der Waals surface area contributed by atoms with Gasteiger partial charge in [-0.3, -0.25) is 4.79 Å². The van der Waals surface area contributed by atoms with Gasteiger partial charge in [0.1, 0.15) is 4.88 Å². The summed E-state index contributed by atoms with van der Waals surface area (Å²) in [7, 11) is 0. The highest BCUT2D eigenvalue weighted by molar-refractivity contribution is 7.08. The molecule has 0 radical (unpaired) electrons. The number of amides is 1. The van der Waals surface area contributed by atoms with Crippen LogP contribution in [-0.4, -0.2) is 38.5 Å². The molecule has 2 saturated heterocycles. The smallest absolute Gasteiger partial charge is 0.268 e. The topological polar surface area (TPSA) is 72.1 Å². The maximum Gasteiger partial charge on any atom is 0.268 e. The van der Waals surface area contributed by atoms with E-state index in [1.165, 1.54) is 11.5 Å². The number of hydrogen-bond acceptors (Lipinski definition) is 5. The first-order valence-electron chi connectivity index (χ1n) is 7.10. The molecule has 0 spiro atoms. The standard InChI is InChI=1S/C13H20N4OS/c1-2-3-11-12(19-16-15-11)13(18)17-9-4-5-10(17)7-8(14)6-9/h8-10H,2-7,14H2,1H3. The Bertz CT molecular complexity index is 461. The molecule has 2 aliphatic heterocycles. The fourth-order valence-corrected chi connectivity index (χ4v) is 4.09. The molecule has 19 heavy (non-hydrogen) atoms. The highest BCUT2D eigenvalue weighted by atomic mass is 32.1. The van der Waals surface area contributed by atoms with Crippen molar-refractivity contribution in [2.75, 3.05) is 0 Å². The fraction of sp³-hybridized carbons (Fsp3) is 0.769. The summed E-state index contributed by atoms with van der Waals surface area (Å²) in [6, 6.07) is 0.923. The van der Waals surface area contributed by atoms with Gasteiger partial charge in [0.05, 0.1) is 5.69 Å². The first-order chi connectivity index (χ1) is 9.20. The Hall–Kier alpha value is -1.01. The maximum absolute atomic E-state index is 12.7. The van der Waals surface area contributed by atoms with Crippen molar-refractivity contribution in [2.24, 2.45) is 5.73 Å². The van der Waals surface area contributed by atoms with Crippen molar-refractivity contribution < 1.29 is 4.79 Å². The van der Waals surface area contributed by atoms with Crippen LogP contribution in [0.3, 0.4) is 0 Å². The van der Waals surface area contributed by atoms with Crippen molar-refractivity contribution in [3.8, 4) is 0 Å². The van der Waals surface area contributed by atoms with Crippen LogP contribution in [0.1, 0.15) is 54.4 Å². The lowest BCUT2D eigenvalue weighted by molar-refractivity contribution is 0.0579. The third-order valence-corrected chi connectivity index (χ3v) is 5.00. The molecule has 2 bridgehead atoms. The number of aryl methyl sites for hydroxylation is 1. The Morgan fingerprint density at radius 2 is 2.11 bits per heavy atom. The van der Waals surface area contributed by atoms with Gasteiger partial charge in [-0.15, -0.1) is 5.10 Å². The van der Waals surface area contributed by atoms with Gasteiger partial charge in [-0.2, -0.15) is 0 Å². The summed E-state index contributed by atoms with van der Waals surface area (Å²) in [6.45, 7) is 2.09. The van der Waals surface area contributed by atoms with Gasteiger partial charge in [-0.25, -0.2) is 0 Å². The number of rotatable bonds is 3. The zero-order valence-electron chi connectivity index (χ0n) is 11.2. The van der Waals surface area contributed by atoms with Gasteiger partial charge >= 0.3 is 0 Å². The quantitative estimate of drug-likeness (QED) is 0.912. The molecule has 1 amide bonds. The summed E-state index contributed by atoms with van der Waals surface area (Å²) in [5.74, 6) is 0.137. The van der Waals surface area contributed by atoms with Crippen LogP contribution in [0, 0.1) is 0 Å². The third kappa shape index (κ3) is 2.27. The Labute approximate surface area is 117 Å². The van der Waals surface area contributed by atoms with Crippen molar-refractivity contribution >= 4 is 17.4 Å². The lowest BCUT2D eigenvalue weighted by Crippen LogP contribution is -2.50. The zero-order valence-corrected chi connectivity index (χ0v) is 12.0. The molecule has 2 fully saturated rings. The molecule has 2 aliphatic rings. The SMILES string of the molecule is CCCc1nnsc1C(=O)N1C2CCC1CC(N)C2. The Kier molecular flexibility index (Phi) is 3.54. The van der Waals surface area contributed by atoms with E-state index < -0.39 is 0 Å². The lowest BCUT2D eigenvalue weighted by Gasteiger charge is -2.37. The molecule has 1 aromatic heterocycles. The highest BCUT2D eigenvalue weighted by Crippen LogP contribution is 2.36. The second-order valence-corrected chi connectivity index (χ2v) is 6.38. The van der Waals surface area contributed by atoms with Crippen LogP contribution in [0.4, 0.5) is 0 Å². The first kappa shape index (κ1) is 13.0. The molecule has 0 aliphatic carbocycles. The highest BCUT2D eigenvalue weighted by Gasteiger charge is 2.43. The molecule has 1 aromatic rings. The van der Waals surface area contributed by atoms with E-state index in [1.807, 2.05) is 0 Å². The molecule has 104 valence electrons. The number of aromatic nitrogens is 2. The monoisotopic (exact) mass is 280 g/mol. The van der Waals surface area contributed by atoms with Crippen LogP contribution in [0.5, 0.6) is 0 Å². The molecule has 2 unspecified atom stereocenters. The van der Waals surface area contributed by atoms with E-state index >= 15 is 0 Å². The second kappa shape index (κ2) is 5.17. The number of nitrogens with two attached hydrogens (primary N) is 1. The van der Waals surface area contributed by atoms with Crippen molar-refractivity contribution in [2.45, 2.75) is 63.6 Å². The predicted molar refractivity (Wildman–Crippen MR) is 74.1 cm³/mol. The van der Waals surface area contributed by atoms with E-state index in [9.17, 15) is 4.79 Å². The van der Waals surface area contributed by atoms with Gasteiger partial charge in [0.15, 0.2) is 0 Å². The summed E-state index contributed by atoms with van der Waals surface area (Å²) in [5, 5.41) is 4.10. The van der Waals surface area contributed by atoms with Crippen molar-refractivity contribution in [1.29, 1.82) is 0 Å². The Morgan fingerprint density at radius 3 is 2.74 bits per heavy atom. The Balaban J connectivity index is 1.82. The van der Waals surface area contributed by atoms with Gasteiger partial charge in [0, 0.05) is 18.1 Å². The van der Waals surface area contributed by atoms with E-state index in [2.05, 4.69) is 21.4 Å². The fourth-order valence-electron chi connectivity index (χ4n) is 3.44. The summed E-state index contributed by atoms with van der Waals surface area (Å²) in [6.07, 6.45) is 5.90. The molecule has 0 aromatic carbocycles. The van der Waals surface area contributed by atoms with Gasteiger partial charge in [0.25, 0.3) is 5.91 Å². The van der Waals surface area contributed by atoms with E-state index in [-0.39, 0.29) is 11.9 Å². The van der Waals surface area contributed by atoms with Crippen LogP contribution in [0.15, 0.2) is 0 Å². The first-order valence-corrected chi connectivity index (χ1v) is 7.87. The third-order valence-electron chi connectivity index (χ3n) is 4.24.